The average molecular weight is 331 g/mol. The van der Waals surface area contributed by atoms with E-state index < -0.39 is 0 Å². The van der Waals surface area contributed by atoms with Crippen LogP contribution >= 0.6 is 0 Å². The maximum Gasteiger partial charge on any atom is 0.0475 e. The van der Waals surface area contributed by atoms with E-state index in [1.807, 2.05) is 0 Å². The summed E-state index contributed by atoms with van der Waals surface area (Å²) in [5.74, 6) is 0. The van der Waals surface area contributed by atoms with E-state index in [4.69, 9.17) is 0 Å². The Morgan fingerprint density at radius 1 is 1.20 bits per heavy atom. The lowest BCUT2D eigenvalue weighted by atomic mass is 9.99. The van der Waals surface area contributed by atoms with Gasteiger partial charge in [0.1, 0.15) is 0 Å². The van der Waals surface area contributed by atoms with E-state index in [2.05, 4.69) is 83.8 Å². The summed E-state index contributed by atoms with van der Waals surface area (Å²) in [5, 5.41) is 7.02. The summed E-state index contributed by atoms with van der Waals surface area (Å²) in [6.07, 6.45) is 5.52. The molecule has 0 aromatic heterocycles. The molecule has 1 atom stereocenters. The number of nitrogens with zero attached hydrogens (tertiary/aromatic N) is 1. The zero-order valence-electron chi connectivity index (χ0n) is 14.8. The van der Waals surface area contributed by atoms with Gasteiger partial charge in [-0.15, -0.1) is 0 Å². The van der Waals surface area contributed by atoms with E-state index in [0.29, 0.717) is 6.04 Å². The van der Waals surface area contributed by atoms with E-state index >= 15 is 0 Å². The topological polar surface area (TPSA) is 27.3 Å². The van der Waals surface area contributed by atoms with E-state index in [0.717, 1.165) is 25.3 Å². The molecule has 0 amide bonds. The second-order valence-corrected chi connectivity index (χ2v) is 7.01. The molecule has 2 aliphatic rings. The molecule has 2 heterocycles. The van der Waals surface area contributed by atoms with Gasteiger partial charge in [-0.1, -0.05) is 42.5 Å². The van der Waals surface area contributed by atoms with Crippen molar-refractivity contribution in [2.45, 2.75) is 25.9 Å². The van der Waals surface area contributed by atoms with Crippen molar-refractivity contribution < 1.29 is 0 Å². The Labute approximate surface area is 150 Å². The van der Waals surface area contributed by atoms with Crippen molar-refractivity contribution in [1.82, 2.24) is 10.2 Å². The summed E-state index contributed by atoms with van der Waals surface area (Å²) in [4.78, 5) is 2.22. The minimum absolute atomic E-state index is 0.534. The summed E-state index contributed by atoms with van der Waals surface area (Å²) >= 11 is 0. The van der Waals surface area contributed by atoms with Crippen LogP contribution in [0.2, 0.25) is 0 Å². The lowest BCUT2D eigenvalue weighted by Gasteiger charge is -2.28. The number of fused-ring (bicyclic) bond motifs is 1. The molecule has 0 aliphatic carbocycles. The number of benzene rings is 2. The van der Waals surface area contributed by atoms with Crippen LogP contribution in [-0.4, -0.2) is 24.0 Å². The lowest BCUT2D eigenvalue weighted by Crippen LogP contribution is -2.22. The Morgan fingerprint density at radius 2 is 2.04 bits per heavy atom. The van der Waals surface area contributed by atoms with Crippen molar-refractivity contribution in [2.24, 2.45) is 0 Å². The third-order valence-corrected chi connectivity index (χ3v) is 5.05. The van der Waals surface area contributed by atoms with Crippen LogP contribution in [0.4, 0.5) is 5.69 Å². The summed E-state index contributed by atoms with van der Waals surface area (Å²) in [6, 6.07) is 15.8. The van der Waals surface area contributed by atoms with Gasteiger partial charge in [-0.05, 0) is 49.2 Å². The van der Waals surface area contributed by atoms with Crippen LogP contribution < -0.4 is 10.6 Å². The third-order valence-electron chi connectivity index (χ3n) is 5.05. The van der Waals surface area contributed by atoms with Crippen molar-refractivity contribution in [1.29, 1.82) is 0 Å². The molecule has 3 nitrogen and oxygen atoms in total. The van der Waals surface area contributed by atoms with Gasteiger partial charge in [0.25, 0.3) is 0 Å². The van der Waals surface area contributed by atoms with Gasteiger partial charge in [0.15, 0.2) is 0 Å². The van der Waals surface area contributed by atoms with E-state index in [9.17, 15) is 0 Å². The van der Waals surface area contributed by atoms with Crippen LogP contribution in [-0.2, 0) is 6.54 Å². The predicted octanol–water partition coefficient (Wildman–Crippen LogP) is 4.23. The molecule has 0 bridgehead atoms. The van der Waals surface area contributed by atoms with Crippen LogP contribution in [0.1, 0.15) is 28.7 Å². The van der Waals surface area contributed by atoms with E-state index in [-0.39, 0.29) is 0 Å². The first kappa shape index (κ1) is 16.0. The van der Waals surface area contributed by atoms with Crippen LogP contribution in [0.25, 0.3) is 11.8 Å². The summed E-state index contributed by atoms with van der Waals surface area (Å²) < 4.78 is 0. The normalized spacial score (nSPS) is 19.2. The first-order chi connectivity index (χ1) is 12.2. The Morgan fingerprint density at radius 3 is 2.80 bits per heavy atom. The molecule has 1 fully saturated rings. The molecule has 128 valence electrons. The van der Waals surface area contributed by atoms with Gasteiger partial charge in [0, 0.05) is 42.3 Å². The highest BCUT2D eigenvalue weighted by Crippen LogP contribution is 2.31. The van der Waals surface area contributed by atoms with Gasteiger partial charge in [-0.2, -0.15) is 0 Å². The number of aryl methyl sites for hydroxylation is 1. The third kappa shape index (κ3) is 3.47. The lowest BCUT2D eigenvalue weighted by molar-refractivity contribution is 0.527. The first-order valence-electron chi connectivity index (χ1n) is 9.00. The van der Waals surface area contributed by atoms with Crippen LogP contribution in [0.5, 0.6) is 0 Å². The monoisotopic (exact) mass is 331 g/mol. The zero-order valence-corrected chi connectivity index (χ0v) is 14.8. The van der Waals surface area contributed by atoms with Crippen LogP contribution in [0, 0.1) is 6.92 Å². The highest BCUT2D eigenvalue weighted by atomic mass is 15.1. The fourth-order valence-corrected chi connectivity index (χ4v) is 3.52. The fourth-order valence-electron chi connectivity index (χ4n) is 3.52. The highest BCUT2D eigenvalue weighted by molar-refractivity contribution is 5.78. The molecule has 1 saturated heterocycles. The molecule has 2 aromatic carbocycles. The molecule has 2 aliphatic heterocycles. The average Bonchev–Trinajstić information content (AvgIpc) is 3.12. The minimum Gasteiger partial charge on any atom is -0.381 e. The van der Waals surface area contributed by atoms with Crippen molar-refractivity contribution in [2.75, 3.05) is 18.4 Å². The number of hydrogen-bond donors (Lipinski definition) is 2. The largest absolute Gasteiger partial charge is 0.381 e. The molecule has 25 heavy (non-hydrogen) atoms. The molecule has 3 heteroatoms. The Hall–Kier alpha value is -2.52. The minimum atomic E-state index is 0.534. The summed E-state index contributed by atoms with van der Waals surface area (Å²) in [7, 11) is 0. The molecule has 2 aromatic rings. The van der Waals surface area contributed by atoms with E-state index in [1.54, 1.807) is 0 Å². The molecule has 0 spiro atoms. The second-order valence-electron chi connectivity index (χ2n) is 7.01. The van der Waals surface area contributed by atoms with Crippen molar-refractivity contribution in [3.63, 3.8) is 0 Å². The maximum absolute atomic E-state index is 4.33. The SMILES string of the molecule is C=C1c2ccc(N[C@H]3CCNC3)cc2C=CN1Cc1ccc(C)cc1. The molecular weight excluding hydrogens is 306 g/mol. The smallest absolute Gasteiger partial charge is 0.0475 e. The molecular formula is C22H25N3. The van der Waals surface area contributed by atoms with Gasteiger partial charge in [-0.25, -0.2) is 0 Å². The van der Waals surface area contributed by atoms with Crippen molar-refractivity contribution in [3.8, 4) is 0 Å². The van der Waals surface area contributed by atoms with Gasteiger partial charge < -0.3 is 15.5 Å². The molecule has 0 unspecified atom stereocenters. The van der Waals surface area contributed by atoms with Gasteiger partial charge in [0.2, 0.25) is 0 Å². The maximum atomic E-state index is 4.33. The Balaban J connectivity index is 1.50. The van der Waals surface area contributed by atoms with Crippen LogP contribution in [0.3, 0.4) is 0 Å². The van der Waals surface area contributed by atoms with Gasteiger partial charge >= 0.3 is 0 Å². The van der Waals surface area contributed by atoms with E-state index in [1.165, 1.54) is 34.4 Å². The van der Waals surface area contributed by atoms with Gasteiger partial charge in [0.05, 0.1) is 0 Å². The fraction of sp³-hybridized carbons (Fsp3) is 0.273. The van der Waals surface area contributed by atoms with Gasteiger partial charge in [-0.3, -0.25) is 0 Å². The molecule has 0 radical (unpaired) electrons. The first-order valence-corrected chi connectivity index (χ1v) is 9.00. The van der Waals surface area contributed by atoms with Crippen LogP contribution in [0.15, 0.2) is 55.2 Å². The number of nitrogens with one attached hydrogen (secondary N) is 2. The zero-order chi connectivity index (χ0) is 17.2. The summed E-state index contributed by atoms with van der Waals surface area (Å²) in [6.45, 7) is 9.45. The standard InChI is InChI=1S/C22H25N3/c1-16-3-5-18(6-4-16)15-25-12-10-19-13-20(7-8-22(19)17(25)2)24-21-9-11-23-14-21/h3-8,10,12-13,21,23-24H,2,9,11,14-15H2,1H3/t21-/m0/s1. The second kappa shape index (κ2) is 6.77. The quantitative estimate of drug-likeness (QED) is 0.878. The number of hydrogen-bond acceptors (Lipinski definition) is 3. The number of rotatable bonds is 4. The Bertz CT molecular complexity index is 799. The molecule has 4 rings (SSSR count). The summed E-state index contributed by atoms with van der Waals surface area (Å²) in [5.41, 5.74) is 7.29. The number of anilines is 1. The van der Waals surface area contributed by atoms with Crippen molar-refractivity contribution in [3.05, 3.63) is 77.5 Å². The van der Waals surface area contributed by atoms with Crippen molar-refractivity contribution >= 4 is 17.5 Å². The Kier molecular flexibility index (Phi) is 4.33. The highest BCUT2D eigenvalue weighted by Gasteiger charge is 2.18. The molecule has 0 saturated carbocycles. The molecule has 2 N–H and O–H groups in total. The predicted molar refractivity (Wildman–Crippen MR) is 106 cm³/mol.